The molecule has 0 atom stereocenters. The van der Waals surface area contributed by atoms with Gasteiger partial charge >= 0.3 is 0 Å². The Kier molecular flexibility index (Phi) is 3.17. The predicted molar refractivity (Wildman–Crippen MR) is 98.9 cm³/mol. The van der Waals surface area contributed by atoms with Gasteiger partial charge < -0.3 is 21.3 Å². The summed E-state index contributed by atoms with van der Waals surface area (Å²) in [5.74, 6) is 0.377. The molecule has 0 aromatic heterocycles. The third kappa shape index (κ3) is 2.34. The van der Waals surface area contributed by atoms with Crippen molar-refractivity contribution in [2.45, 2.75) is 0 Å². The first-order valence-corrected chi connectivity index (χ1v) is 7.62. The van der Waals surface area contributed by atoms with E-state index in [0.29, 0.717) is 16.8 Å². The number of nitrogen functional groups attached to an aromatic ring is 1. The molecule has 4 heteroatoms. The molecule has 0 unspecified atom stereocenters. The summed E-state index contributed by atoms with van der Waals surface area (Å²) < 4.78 is 0. The normalized spacial score (nSPS) is 11.0. The van der Waals surface area contributed by atoms with Crippen LogP contribution in [0.25, 0.3) is 21.5 Å². The first-order chi connectivity index (χ1) is 11.6. The maximum absolute atomic E-state index is 10.6. The number of fused-ring (bicyclic) bond motifs is 2. The van der Waals surface area contributed by atoms with E-state index >= 15 is 0 Å². The van der Waals surface area contributed by atoms with Crippen LogP contribution in [0.3, 0.4) is 0 Å². The fourth-order valence-electron chi connectivity index (χ4n) is 2.96. The topological polar surface area (TPSA) is 78.5 Å². The molecule has 0 radical (unpaired) electrons. The summed E-state index contributed by atoms with van der Waals surface area (Å²) >= 11 is 0. The van der Waals surface area contributed by atoms with E-state index in [1.54, 1.807) is 18.2 Å². The van der Waals surface area contributed by atoms with Crippen LogP contribution in [0.15, 0.2) is 66.7 Å². The lowest BCUT2D eigenvalue weighted by Gasteiger charge is -2.12. The highest BCUT2D eigenvalue weighted by Gasteiger charge is 2.09. The zero-order chi connectivity index (χ0) is 16.7. The molecule has 4 aromatic carbocycles. The number of benzene rings is 4. The van der Waals surface area contributed by atoms with Gasteiger partial charge in [-0.25, -0.2) is 0 Å². The smallest absolute Gasteiger partial charge is 0.148 e. The fourth-order valence-corrected chi connectivity index (χ4v) is 2.96. The standard InChI is InChI=1S/C20H16N2O2/c21-17-3-1-2-12-6-9-18(20(24)19(12)17)22-15-7-4-14-11-16(23)8-5-13(14)10-15/h1-11,22-24H,21H2. The Labute approximate surface area is 138 Å². The molecule has 4 rings (SSSR count). The molecule has 0 saturated heterocycles. The van der Waals surface area contributed by atoms with E-state index in [-0.39, 0.29) is 11.5 Å². The molecule has 0 saturated carbocycles. The average Bonchev–Trinajstić information content (AvgIpc) is 2.57. The molecule has 0 aliphatic rings. The van der Waals surface area contributed by atoms with Gasteiger partial charge in [-0.05, 0) is 52.6 Å². The Balaban J connectivity index is 1.78. The van der Waals surface area contributed by atoms with Crippen molar-refractivity contribution in [3.05, 3.63) is 66.7 Å². The highest BCUT2D eigenvalue weighted by atomic mass is 16.3. The number of hydrogen-bond donors (Lipinski definition) is 4. The molecule has 4 aromatic rings. The van der Waals surface area contributed by atoms with Crippen LogP contribution in [0.4, 0.5) is 17.1 Å². The Morgan fingerprint density at radius 2 is 1.50 bits per heavy atom. The summed E-state index contributed by atoms with van der Waals surface area (Å²) in [5.41, 5.74) is 7.98. The van der Waals surface area contributed by atoms with Gasteiger partial charge in [-0.2, -0.15) is 0 Å². The lowest BCUT2D eigenvalue weighted by molar-refractivity contribution is 0.476. The van der Waals surface area contributed by atoms with Crippen LogP contribution >= 0.6 is 0 Å². The molecular weight excluding hydrogens is 300 g/mol. The van der Waals surface area contributed by atoms with Crippen molar-refractivity contribution in [2.24, 2.45) is 0 Å². The van der Waals surface area contributed by atoms with Crippen LogP contribution < -0.4 is 11.1 Å². The third-order valence-corrected chi connectivity index (χ3v) is 4.15. The van der Waals surface area contributed by atoms with Crippen molar-refractivity contribution in [3.63, 3.8) is 0 Å². The molecule has 0 heterocycles. The number of aromatic hydroxyl groups is 2. The van der Waals surface area contributed by atoms with Gasteiger partial charge in [-0.15, -0.1) is 0 Å². The van der Waals surface area contributed by atoms with Gasteiger partial charge in [0.2, 0.25) is 0 Å². The molecule has 118 valence electrons. The number of anilines is 3. The lowest BCUT2D eigenvalue weighted by atomic mass is 10.1. The Bertz CT molecular complexity index is 1070. The zero-order valence-electron chi connectivity index (χ0n) is 12.8. The third-order valence-electron chi connectivity index (χ3n) is 4.15. The summed E-state index contributed by atoms with van der Waals surface area (Å²) in [4.78, 5) is 0. The van der Waals surface area contributed by atoms with Crippen LogP contribution in [0, 0.1) is 0 Å². The SMILES string of the molecule is Nc1cccc2ccc(Nc3ccc4cc(O)ccc4c3)c(O)c12. The van der Waals surface area contributed by atoms with Gasteiger partial charge in [-0.3, -0.25) is 0 Å². The summed E-state index contributed by atoms with van der Waals surface area (Å²) in [6, 6.07) is 20.3. The zero-order valence-corrected chi connectivity index (χ0v) is 12.8. The second-order valence-corrected chi connectivity index (χ2v) is 5.78. The van der Waals surface area contributed by atoms with E-state index in [2.05, 4.69) is 5.32 Å². The van der Waals surface area contributed by atoms with Crippen molar-refractivity contribution < 1.29 is 10.2 Å². The van der Waals surface area contributed by atoms with Crippen LogP contribution in [0.2, 0.25) is 0 Å². The van der Waals surface area contributed by atoms with Crippen LogP contribution in [-0.2, 0) is 0 Å². The number of nitrogens with two attached hydrogens (primary N) is 1. The predicted octanol–water partition coefficient (Wildman–Crippen LogP) is 4.73. The Morgan fingerprint density at radius 3 is 2.38 bits per heavy atom. The van der Waals surface area contributed by atoms with Gasteiger partial charge in [0.05, 0.1) is 5.69 Å². The first kappa shape index (κ1) is 14.2. The molecule has 5 N–H and O–H groups in total. The van der Waals surface area contributed by atoms with Crippen molar-refractivity contribution in [2.75, 3.05) is 11.1 Å². The van der Waals surface area contributed by atoms with E-state index in [1.807, 2.05) is 48.5 Å². The lowest BCUT2D eigenvalue weighted by Crippen LogP contribution is -1.93. The second kappa shape index (κ2) is 5.35. The van der Waals surface area contributed by atoms with Crippen LogP contribution in [0.5, 0.6) is 11.5 Å². The Morgan fingerprint density at radius 1 is 0.750 bits per heavy atom. The monoisotopic (exact) mass is 316 g/mol. The van der Waals surface area contributed by atoms with Crippen LogP contribution in [0.1, 0.15) is 0 Å². The van der Waals surface area contributed by atoms with Crippen molar-refractivity contribution in [1.29, 1.82) is 0 Å². The van der Waals surface area contributed by atoms with Gasteiger partial charge in [0.15, 0.2) is 0 Å². The molecule has 0 fully saturated rings. The quantitative estimate of drug-likeness (QED) is 0.318. The summed E-state index contributed by atoms with van der Waals surface area (Å²) in [6.45, 7) is 0. The van der Waals surface area contributed by atoms with Gasteiger partial charge in [-0.1, -0.05) is 30.3 Å². The molecule has 4 nitrogen and oxygen atoms in total. The van der Waals surface area contributed by atoms with Crippen molar-refractivity contribution in [1.82, 2.24) is 0 Å². The van der Waals surface area contributed by atoms with E-state index in [1.165, 1.54) is 0 Å². The minimum atomic E-state index is 0.136. The highest BCUT2D eigenvalue weighted by Crippen LogP contribution is 2.38. The largest absolute Gasteiger partial charge is 0.508 e. The highest BCUT2D eigenvalue weighted by molar-refractivity contribution is 6.01. The maximum Gasteiger partial charge on any atom is 0.148 e. The molecular formula is C20H16N2O2. The second-order valence-electron chi connectivity index (χ2n) is 5.78. The fraction of sp³-hybridized carbons (Fsp3) is 0. The summed E-state index contributed by atoms with van der Waals surface area (Å²) in [7, 11) is 0. The van der Waals surface area contributed by atoms with Crippen molar-refractivity contribution in [3.8, 4) is 11.5 Å². The molecule has 0 spiro atoms. The Hall–Kier alpha value is -3.40. The minimum absolute atomic E-state index is 0.136. The van der Waals surface area contributed by atoms with E-state index in [0.717, 1.165) is 21.8 Å². The van der Waals surface area contributed by atoms with E-state index < -0.39 is 0 Å². The van der Waals surface area contributed by atoms with Crippen LogP contribution in [-0.4, -0.2) is 10.2 Å². The van der Waals surface area contributed by atoms with Crippen molar-refractivity contribution >= 4 is 38.6 Å². The number of phenolic OH excluding ortho intramolecular Hbond substituents is 2. The molecule has 0 aliphatic heterocycles. The summed E-state index contributed by atoms with van der Waals surface area (Å²) in [6.07, 6.45) is 0. The number of phenols is 2. The average molecular weight is 316 g/mol. The molecule has 0 bridgehead atoms. The van der Waals surface area contributed by atoms with Gasteiger partial charge in [0.1, 0.15) is 11.5 Å². The summed E-state index contributed by atoms with van der Waals surface area (Å²) in [5, 5.41) is 26.8. The minimum Gasteiger partial charge on any atom is -0.508 e. The van der Waals surface area contributed by atoms with Gasteiger partial charge in [0, 0.05) is 16.8 Å². The number of nitrogens with one attached hydrogen (secondary N) is 1. The number of rotatable bonds is 2. The molecule has 24 heavy (non-hydrogen) atoms. The first-order valence-electron chi connectivity index (χ1n) is 7.62. The molecule has 0 aliphatic carbocycles. The maximum atomic E-state index is 10.6. The van der Waals surface area contributed by atoms with Gasteiger partial charge in [0.25, 0.3) is 0 Å². The van der Waals surface area contributed by atoms with E-state index in [4.69, 9.17) is 5.73 Å². The number of hydrogen-bond acceptors (Lipinski definition) is 4. The molecule has 0 amide bonds. The van der Waals surface area contributed by atoms with E-state index in [9.17, 15) is 10.2 Å².